The van der Waals surface area contributed by atoms with Gasteiger partial charge in [0.1, 0.15) is 5.92 Å². The van der Waals surface area contributed by atoms with Gasteiger partial charge in [-0.25, -0.2) is 4.79 Å². The van der Waals surface area contributed by atoms with E-state index in [1.807, 2.05) is 0 Å². The van der Waals surface area contributed by atoms with Gasteiger partial charge in [-0.1, -0.05) is 6.07 Å². The van der Waals surface area contributed by atoms with Gasteiger partial charge >= 0.3 is 12.2 Å². The first-order valence-corrected chi connectivity index (χ1v) is 9.71. The van der Waals surface area contributed by atoms with Gasteiger partial charge in [-0.15, -0.1) is 11.3 Å². The molecule has 168 valence electrons. The summed E-state index contributed by atoms with van der Waals surface area (Å²) in [6.07, 6.45) is -5.36. The zero-order valence-electron chi connectivity index (χ0n) is 16.6. The third-order valence-corrected chi connectivity index (χ3v) is 5.81. The second-order valence-electron chi connectivity index (χ2n) is 6.58. The maximum atomic E-state index is 14.0. The van der Waals surface area contributed by atoms with Gasteiger partial charge in [-0.3, -0.25) is 4.79 Å². The number of benzene rings is 1. The van der Waals surface area contributed by atoms with Crippen LogP contribution in [0.15, 0.2) is 29.6 Å². The lowest BCUT2D eigenvalue weighted by Gasteiger charge is -2.45. The molecule has 0 radical (unpaired) electrons. The number of aliphatic hydroxyl groups is 1. The lowest BCUT2D eigenvalue weighted by atomic mass is 9.78. The van der Waals surface area contributed by atoms with E-state index in [0.29, 0.717) is 0 Å². The van der Waals surface area contributed by atoms with Gasteiger partial charge in [0.2, 0.25) is 11.5 Å². The molecule has 1 aliphatic heterocycles. The predicted molar refractivity (Wildman–Crippen MR) is 104 cm³/mol. The summed E-state index contributed by atoms with van der Waals surface area (Å²) >= 11 is 0.913. The lowest BCUT2D eigenvalue weighted by molar-refractivity contribution is -0.287. The fraction of sp³-hybridized carbons (Fsp3) is 0.368. The van der Waals surface area contributed by atoms with Crippen molar-refractivity contribution in [1.82, 2.24) is 10.6 Å². The second kappa shape index (κ2) is 8.27. The summed E-state index contributed by atoms with van der Waals surface area (Å²) in [5.41, 5.74) is -3.84. The van der Waals surface area contributed by atoms with Gasteiger partial charge in [0.25, 0.3) is 0 Å². The van der Waals surface area contributed by atoms with Crippen LogP contribution in [0.25, 0.3) is 0 Å². The highest BCUT2D eigenvalue weighted by Crippen LogP contribution is 2.49. The van der Waals surface area contributed by atoms with Gasteiger partial charge in [0.15, 0.2) is 17.3 Å². The Hall–Kier alpha value is -2.99. The van der Waals surface area contributed by atoms with Gasteiger partial charge in [-0.05, 0) is 23.6 Å². The topological polar surface area (TPSA) is 106 Å². The predicted octanol–water partition coefficient (Wildman–Crippen LogP) is 2.88. The molecule has 8 nitrogen and oxygen atoms in total. The SMILES string of the molecule is COc1ccc([C@@H]2NC(=O)N[C@](O)(C(F)(F)F)[C@H]2C(=O)c2cccs2)c(OC)c1OC. The number of methoxy groups -OCH3 is 3. The fourth-order valence-electron chi connectivity index (χ4n) is 3.54. The van der Waals surface area contributed by atoms with Crippen LogP contribution in [0.1, 0.15) is 21.3 Å². The van der Waals surface area contributed by atoms with Crippen LogP contribution in [0, 0.1) is 5.92 Å². The van der Waals surface area contributed by atoms with Crippen LogP contribution in [0.5, 0.6) is 17.2 Å². The van der Waals surface area contributed by atoms with E-state index in [2.05, 4.69) is 5.32 Å². The van der Waals surface area contributed by atoms with Gasteiger partial charge in [-0.2, -0.15) is 13.2 Å². The number of nitrogens with one attached hydrogen (secondary N) is 2. The maximum Gasteiger partial charge on any atom is 0.437 e. The van der Waals surface area contributed by atoms with Crippen molar-refractivity contribution in [3.8, 4) is 17.2 Å². The van der Waals surface area contributed by atoms with Crippen molar-refractivity contribution < 1.29 is 42.1 Å². The Labute approximate surface area is 178 Å². The van der Waals surface area contributed by atoms with E-state index in [1.54, 1.807) is 0 Å². The first-order valence-electron chi connectivity index (χ1n) is 8.83. The van der Waals surface area contributed by atoms with Crippen molar-refractivity contribution in [1.29, 1.82) is 0 Å². The van der Waals surface area contributed by atoms with Crippen molar-refractivity contribution in [3.63, 3.8) is 0 Å². The molecule has 1 saturated heterocycles. The molecule has 1 aromatic heterocycles. The minimum atomic E-state index is -5.36. The number of rotatable bonds is 6. The van der Waals surface area contributed by atoms with E-state index in [1.165, 1.54) is 56.3 Å². The minimum Gasteiger partial charge on any atom is -0.493 e. The maximum absolute atomic E-state index is 14.0. The van der Waals surface area contributed by atoms with E-state index >= 15 is 0 Å². The van der Waals surface area contributed by atoms with Crippen molar-refractivity contribution in [2.45, 2.75) is 17.9 Å². The van der Waals surface area contributed by atoms with E-state index in [-0.39, 0.29) is 27.7 Å². The minimum absolute atomic E-state index is 0.00687. The molecule has 0 bridgehead atoms. The number of urea groups is 1. The number of hydrogen-bond donors (Lipinski definition) is 3. The Kier molecular flexibility index (Phi) is 6.05. The molecule has 31 heavy (non-hydrogen) atoms. The van der Waals surface area contributed by atoms with Crippen LogP contribution in [0.3, 0.4) is 0 Å². The van der Waals surface area contributed by atoms with Crippen LogP contribution < -0.4 is 24.8 Å². The van der Waals surface area contributed by atoms with Crippen LogP contribution in [0.2, 0.25) is 0 Å². The molecule has 0 unspecified atom stereocenters. The molecule has 0 saturated carbocycles. The summed E-state index contributed by atoms with van der Waals surface area (Å²) in [5.74, 6) is -2.97. The number of carbonyl (C=O) groups excluding carboxylic acids is 2. The van der Waals surface area contributed by atoms with Gasteiger partial charge in [0.05, 0.1) is 32.2 Å². The average molecular weight is 460 g/mol. The third-order valence-electron chi connectivity index (χ3n) is 4.92. The first-order chi connectivity index (χ1) is 14.6. The molecule has 0 aliphatic carbocycles. The molecule has 1 aliphatic rings. The quantitative estimate of drug-likeness (QED) is 0.573. The number of carbonyl (C=O) groups is 2. The monoisotopic (exact) mass is 460 g/mol. The van der Waals surface area contributed by atoms with Crippen molar-refractivity contribution >= 4 is 23.2 Å². The van der Waals surface area contributed by atoms with Crippen LogP contribution in [0.4, 0.5) is 18.0 Å². The van der Waals surface area contributed by atoms with Gasteiger partial charge < -0.3 is 30.0 Å². The average Bonchev–Trinajstić information content (AvgIpc) is 3.25. The van der Waals surface area contributed by atoms with E-state index in [4.69, 9.17) is 14.2 Å². The molecule has 2 amide bonds. The molecule has 2 aromatic rings. The molecule has 1 fully saturated rings. The molecule has 3 atom stereocenters. The number of ether oxygens (including phenoxy) is 3. The standard InChI is InChI=1S/C19H19F3N2O6S/c1-28-10-7-6-9(15(29-2)16(10)30-3)13-12(14(25)11-5-4-8-31-11)18(27,19(20,21)22)24-17(26)23-13/h4-8,12-13,27H,1-3H3,(H2,23,24,26)/t12-,13+,18-/m1/s1. The number of alkyl halides is 3. The normalized spacial score (nSPS) is 23.5. The highest BCUT2D eigenvalue weighted by Gasteiger charge is 2.66. The lowest BCUT2D eigenvalue weighted by Crippen LogP contribution is -2.72. The summed E-state index contributed by atoms with van der Waals surface area (Å²) in [5, 5.41) is 15.9. The zero-order chi connectivity index (χ0) is 23.0. The van der Waals surface area contributed by atoms with Crippen molar-refractivity contribution in [3.05, 3.63) is 40.1 Å². The number of thiophene rings is 1. The fourth-order valence-corrected chi connectivity index (χ4v) is 4.24. The molecule has 12 heteroatoms. The third kappa shape index (κ3) is 3.76. The largest absolute Gasteiger partial charge is 0.493 e. The van der Waals surface area contributed by atoms with Crippen LogP contribution in [-0.2, 0) is 0 Å². The molecule has 3 rings (SSSR count). The smallest absolute Gasteiger partial charge is 0.437 e. The molecular formula is C19H19F3N2O6S. The van der Waals surface area contributed by atoms with Crippen molar-refractivity contribution in [2.24, 2.45) is 5.92 Å². The zero-order valence-corrected chi connectivity index (χ0v) is 17.4. The Balaban J connectivity index is 2.26. The number of amides is 2. The van der Waals surface area contributed by atoms with E-state index < -0.39 is 35.7 Å². The van der Waals surface area contributed by atoms with E-state index in [9.17, 15) is 27.9 Å². The van der Waals surface area contributed by atoms with Gasteiger partial charge in [0, 0.05) is 5.56 Å². The molecule has 0 spiro atoms. The van der Waals surface area contributed by atoms with E-state index in [0.717, 1.165) is 11.3 Å². The molecule has 2 heterocycles. The summed E-state index contributed by atoms with van der Waals surface area (Å²) in [7, 11) is 3.90. The van der Waals surface area contributed by atoms with Crippen molar-refractivity contribution in [2.75, 3.05) is 21.3 Å². The molecular weight excluding hydrogens is 441 g/mol. The Morgan fingerprint density at radius 3 is 2.32 bits per heavy atom. The number of halogens is 3. The number of hydrogen-bond acceptors (Lipinski definition) is 7. The second-order valence-corrected chi connectivity index (χ2v) is 7.53. The molecule has 1 aromatic carbocycles. The Bertz CT molecular complexity index is 982. The highest BCUT2D eigenvalue weighted by molar-refractivity contribution is 7.12. The number of Topliss-reactive ketones (excluding diaryl/α,β-unsaturated/α-hetero) is 1. The Morgan fingerprint density at radius 2 is 1.81 bits per heavy atom. The Morgan fingerprint density at radius 1 is 1.13 bits per heavy atom. The summed E-state index contributed by atoms with van der Waals surface area (Å²) in [4.78, 5) is 25.3. The molecule has 3 N–H and O–H groups in total. The number of ketones is 1. The summed E-state index contributed by atoms with van der Waals surface area (Å²) in [6, 6.07) is 2.64. The summed E-state index contributed by atoms with van der Waals surface area (Å²) in [6.45, 7) is 0. The highest BCUT2D eigenvalue weighted by atomic mass is 32.1. The summed E-state index contributed by atoms with van der Waals surface area (Å²) < 4.78 is 57.7. The van der Waals surface area contributed by atoms with Crippen LogP contribution in [-0.4, -0.2) is 50.2 Å². The van der Waals surface area contributed by atoms with Crippen LogP contribution >= 0.6 is 11.3 Å². The first kappa shape index (κ1) is 22.7.